The molecule has 2 nitrogen and oxygen atoms in total. The van der Waals surface area contributed by atoms with Gasteiger partial charge >= 0.3 is 0 Å². The quantitative estimate of drug-likeness (QED) is 0.821. The van der Waals surface area contributed by atoms with E-state index in [9.17, 15) is 0 Å². The van der Waals surface area contributed by atoms with E-state index in [1.807, 2.05) is 0 Å². The molecule has 1 aliphatic heterocycles. The van der Waals surface area contributed by atoms with E-state index in [0.717, 1.165) is 18.9 Å². The van der Waals surface area contributed by atoms with Gasteiger partial charge in [0, 0.05) is 18.7 Å². The Kier molecular flexibility index (Phi) is 3.07. The number of rotatable bonds is 2. The summed E-state index contributed by atoms with van der Waals surface area (Å²) in [4.78, 5) is 0. The van der Waals surface area contributed by atoms with Crippen LogP contribution in [0, 0.1) is 16.7 Å². The summed E-state index contributed by atoms with van der Waals surface area (Å²) in [6, 6.07) is 1.34. The smallest absolute Gasteiger partial charge is 0.0641 e. The maximum atomic E-state index is 5.86. The summed E-state index contributed by atoms with van der Waals surface area (Å²) in [5.74, 6) is 0.933. The van der Waals surface area contributed by atoms with Crippen molar-refractivity contribution in [2.75, 3.05) is 6.61 Å². The van der Waals surface area contributed by atoms with Crippen LogP contribution in [0.1, 0.15) is 66.7 Å². The molecular weight excluding hydrogens is 234 g/mol. The summed E-state index contributed by atoms with van der Waals surface area (Å²) in [5.41, 5.74) is 1.06. The lowest BCUT2D eigenvalue weighted by atomic mass is 9.68. The van der Waals surface area contributed by atoms with Gasteiger partial charge in [0.1, 0.15) is 0 Å². The Balaban J connectivity index is 1.72. The minimum absolute atomic E-state index is 0.0542. The molecule has 2 bridgehead atoms. The molecule has 19 heavy (non-hydrogen) atoms. The molecule has 2 heteroatoms. The fourth-order valence-electron chi connectivity index (χ4n) is 5.33. The maximum Gasteiger partial charge on any atom is 0.0641 e. The molecule has 3 aliphatic rings. The van der Waals surface area contributed by atoms with E-state index in [1.165, 1.54) is 25.7 Å². The molecule has 1 saturated heterocycles. The number of ether oxygens (including phenoxy) is 1. The van der Waals surface area contributed by atoms with E-state index < -0.39 is 0 Å². The standard InChI is InChI=1S/C17H31NO/c1-15(2)11-13(7-9-19-15)18-14-16(3,4)12-6-8-17(14,5)10-12/h12-14,18H,6-11H2,1-5H3. The van der Waals surface area contributed by atoms with E-state index >= 15 is 0 Å². The molecule has 110 valence electrons. The van der Waals surface area contributed by atoms with E-state index in [-0.39, 0.29) is 5.60 Å². The van der Waals surface area contributed by atoms with E-state index in [2.05, 4.69) is 39.9 Å². The monoisotopic (exact) mass is 265 g/mol. The number of fused-ring (bicyclic) bond motifs is 2. The van der Waals surface area contributed by atoms with Crippen LogP contribution in [0.2, 0.25) is 0 Å². The molecule has 0 aromatic heterocycles. The molecule has 4 atom stereocenters. The normalized spacial score (nSPS) is 47.5. The van der Waals surface area contributed by atoms with Crippen molar-refractivity contribution in [2.45, 2.75) is 84.4 Å². The average Bonchev–Trinajstić information content (AvgIpc) is 2.74. The van der Waals surface area contributed by atoms with Crippen LogP contribution in [0.3, 0.4) is 0 Å². The van der Waals surface area contributed by atoms with Gasteiger partial charge in [-0.1, -0.05) is 20.8 Å². The molecule has 3 rings (SSSR count). The second-order valence-corrected chi connectivity index (χ2v) is 8.81. The molecule has 0 radical (unpaired) electrons. The van der Waals surface area contributed by atoms with Crippen LogP contribution in [-0.4, -0.2) is 24.3 Å². The minimum Gasteiger partial charge on any atom is -0.375 e. The highest BCUT2D eigenvalue weighted by molar-refractivity contribution is 5.12. The lowest BCUT2D eigenvalue weighted by Gasteiger charge is -2.47. The van der Waals surface area contributed by atoms with Crippen molar-refractivity contribution in [3.8, 4) is 0 Å². The van der Waals surface area contributed by atoms with Gasteiger partial charge in [0.25, 0.3) is 0 Å². The predicted octanol–water partition coefficient (Wildman–Crippen LogP) is 3.75. The summed E-state index contributed by atoms with van der Waals surface area (Å²) < 4.78 is 5.86. The van der Waals surface area contributed by atoms with E-state index in [4.69, 9.17) is 4.74 Å². The molecule has 1 heterocycles. The van der Waals surface area contributed by atoms with Gasteiger partial charge in [-0.15, -0.1) is 0 Å². The first-order valence-corrected chi connectivity index (χ1v) is 8.13. The van der Waals surface area contributed by atoms with Crippen molar-refractivity contribution < 1.29 is 4.74 Å². The zero-order chi connectivity index (χ0) is 13.9. The fraction of sp³-hybridized carbons (Fsp3) is 1.00. The van der Waals surface area contributed by atoms with Crippen molar-refractivity contribution in [1.82, 2.24) is 5.32 Å². The topological polar surface area (TPSA) is 21.3 Å². The van der Waals surface area contributed by atoms with Gasteiger partial charge in [0.2, 0.25) is 0 Å². The van der Waals surface area contributed by atoms with Crippen molar-refractivity contribution in [3.63, 3.8) is 0 Å². The van der Waals surface area contributed by atoms with E-state index in [0.29, 0.717) is 22.9 Å². The van der Waals surface area contributed by atoms with Crippen molar-refractivity contribution in [3.05, 3.63) is 0 Å². The Labute approximate surface area is 118 Å². The SMILES string of the molecule is CC1(C)CC(NC2C3(C)CCC(C3)C2(C)C)CCO1. The highest BCUT2D eigenvalue weighted by Gasteiger charge is 2.59. The van der Waals surface area contributed by atoms with Gasteiger partial charge in [0.05, 0.1) is 5.60 Å². The largest absolute Gasteiger partial charge is 0.375 e. The Bertz CT molecular complexity index is 358. The first kappa shape index (κ1) is 13.9. The maximum absolute atomic E-state index is 5.86. The molecule has 0 aromatic carbocycles. The third kappa shape index (κ3) is 2.25. The lowest BCUT2D eigenvalue weighted by molar-refractivity contribution is -0.0691. The second kappa shape index (κ2) is 4.21. The minimum atomic E-state index is 0.0542. The summed E-state index contributed by atoms with van der Waals surface area (Å²) in [6.07, 6.45) is 6.63. The van der Waals surface area contributed by atoms with Crippen LogP contribution >= 0.6 is 0 Å². The summed E-state index contributed by atoms with van der Waals surface area (Å²) >= 11 is 0. The molecule has 0 spiro atoms. The Morgan fingerprint density at radius 1 is 1.00 bits per heavy atom. The zero-order valence-corrected chi connectivity index (χ0v) is 13.4. The Hall–Kier alpha value is -0.0800. The van der Waals surface area contributed by atoms with Gasteiger partial charge in [0.15, 0.2) is 0 Å². The first-order valence-electron chi connectivity index (χ1n) is 8.13. The van der Waals surface area contributed by atoms with Crippen LogP contribution in [0.5, 0.6) is 0 Å². The van der Waals surface area contributed by atoms with Crippen LogP contribution in [0.4, 0.5) is 0 Å². The van der Waals surface area contributed by atoms with Crippen LogP contribution in [0.25, 0.3) is 0 Å². The van der Waals surface area contributed by atoms with Gasteiger partial charge < -0.3 is 10.1 Å². The predicted molar refractivity (Wildman–Crippen MR) is 79.2 cm³/mol. The number of hydrogen-bond acceptors (Lipinski definition) is 2. The molecule has 2 aliphatic carbocycles. The first-order chi connectivity index (χ1) is 8.73. The van der Waals surface area contributed by atoms with E-state index in [1.54, 1.807) is 0 Å². The Morgan fingerprint density at radius 2 is 1.74 bits per heavy atom. The van der Waals surface area contributed by atoms with Crippen molar-refractivity contribution in [1.29, 1.82) is 0 Å². The molecule has 0 amide bonds. The lowest BCUT2D eigenvalue weighted by Crippen LogP contribution is -2.56. The van der Waals surface area contributed by atoms with Crippen LogP contribution in [-0.2, 0) is 4.74 Å². The van der Waals surface area contributed by atoms with Crippen LogP contribution in [0.15, 0.2) is 0 Å². The zero-order valence-electron chi connectivity index (χ0n) is 13.4. The molecule has 2 saturated carbocycles. The molecular formula is C17H31NO. The molecule has 1 N–H and O–H groups in total. The molecule has 4 unspecified atom stereocenters. The molecule has 3 fully saturated rings. The highest BCUT2D eigenvalue weighted by Crippen LogP contribution is 2.62. The summed E-state index contributed by atoms with van der Waals surface area (Å²) in [5, 5.41) is 4.06. The number of hydrogen-bond donors (Lipinski definition) is 1. The summed E-state index contributed by atoms with van der Waals surface area (Å²) in [7, 11) is 0. The third-order valence-corrected chi connectivity index (χ3v) is 6.37. The van der Waals surface area contributed by atoms with Crippen molar-refractivity contribution >= 4 is 0 Å². The summed E-state index contributed by atoms with van der Waals surface area (Å²) in [6.45, 7) is 12.9. The number of nitrogens with one attached hydrogen (secondary N) is 1. The van der Waals surface area contributed by atoms with Gasteiger partial charge in [-0.3, -0.25) is 0 Å². The molecule has 0 aromatic rings. The highest BCUT2D eigenvalue weighted by atomic mass is 16.5. The Morgan fingerprint density at radius 3 is 2.32 bits per heavy atom. The van der Waals surface area contributed by atoms with Gasteiger partial charge in [-0.25, -0.2) is 0 Å². The van der Waals surface area contributed by atoms with Crippen molar-refractivity contribution in [2.24, 2.45) is 16.7 Å². The van der Waals surface area contributed by atoms with Crippen LogP contribution < -0.4 is 5.32 Å². The second-order valence-electron chi connectivity index (χ2n) is 8.81. The fourth-order valence-corrected chi connectivity index (χ4v) is 5.33. The van der Waals surface area contributed by atoms with Gasteiger partial charge in [-0.05, 0) is 62.7 Å². The third-order valence-electron chi connectivity index (χ3n) is 6.37. The average molecular weight is 265 g/mol. The van der Waals surface area contributed by atoms with Gasteiger partial charge in [-0.2, -0.15) is 0 Å².